The molecule has 0 heterocycles. The Morgan fingerprint density at radius 1 is 0.773 bits per heavy atom. The van der Waals surface area contributed by atoms with Crippen LogP contribution >= 0.6 is 0 Å². The normalized spacial score (nSPS) is 10.5. The fourth-order valence-corrected chi connectivity index (χ4v) is 1.26. The molecule has 0 unspecified atom stereocenters. The molecule has 0 aliphatic carbocycles. The minimum atomic E-state index is -2.39. The van der Waals surface area contributed by atoms with Crippen LogP contribution in [0.5, 0.6) is 0 Å². The number of carboxylic acids is 2. The maximum absolute atomic E-state index is 11.4. The maximum Gasteiger partial charge on any atom is 0.420 e. The second-order valence-electron chi connectivity index (χ2n) is 4.19. The minimum absolute atomic E-state index is 0.526. The second kappa shape index (κ2) is 8.60. The number of carbonyl (C=O) groups excluding carboxylic acids is 3. The van der Waals surface area contributed by atoms with Crippen molar-refractivity contribution in [2.45, 2.75) is 45.5 Å². The third kappa shape index (κ3) is 9.28. The average molecular weight is 320 g/mol. The van der Waals surface area contributed by atoms with Crippen molar-refractivity contribution >= 4 is 29.8 Å². The highest BCUT2D eigenvalue weighted by Gasteiger charge is 2.37. The minimum Gasteiger partial charge on any atom is -0.481 e. The predicted molar refractivity (Wildman–Crippen MR) is 66.1 cm³/mol. The van der Waals surface area contributed by atoms with Crippen molar-refractivity contribution < 1.29 is 48.4 Å². The third-order valence-corrected chi connectivity index (χ3v) is 2.01. The fraction of sp³-hybridized carbons (Fsp3) is 0.583. The Kier molecular flexibility index (Phi) is 7.56. The van der Waals surface area contributed by atoms with Gasteiger partial charge in [-0.05, 0) is 0 Å². The Hall–Kier alpha value is -2.65. The van der Waals surface area contributed by atoms with Crippen LogP contribution in [-0.4, -0.2) is 46.0 Å². The summed E-state index contributed by atoms with van der Waals surface area (Å²) in [7, 11) is 0. The lowest BCUT2D eigenvalue weighted by Gasteiger charge is -2.27. The first-order valence-corrected chi connectivity index (χ1v) is 6.11. The van der Waals surface area contributed by atoms with Gasteiger partial charge in [-0.2, -0.15) is 0 Å². The van der Waals surface area contributed by atoms with Crippen LogP contribution < -0.4 is 0 Å². The molecule has 124 valence electrons. The predicted octanol–water partition coefficient (Wildman–Crippen LogP) is 0.0392. The van der Waals surface area contributed by atoms with Gasteiger partial charge in [0.05, 0.1) is 32.6 Å². The summed E-state index contributed by atoms with van der Waals surface area (Å²) >= 11 is 0. The van der Waals surface area contributed by atoms with Crippen molar-refractivity contribution in [2.24, 2.45) is 0 Å². The molecule has 0 atom stereocenters. The summed E-state index contributed by atoms with van der Waals surface area (Å²) in [5, 5.41) is 16.9. The molecule has 0 aromatic heterocycles. The number of ether oxygens (including phenoxy) is 3. The zero-order chi connectivity index (χ0) is 17.3. The molecular formula is C12H16O10. The van der Waals surface area contributed by atoms with Crippen LogP contribution in [0.1, 0.15) is 39.5 Å². The summed E-state index contributed by atoms with van der Waals surface area (Å²) in [5.74, 6) is -7.96. The first-order chi connectivity index (χ1) is 10.0. The molecule has 0 fully saturated rings. The Labute approximate surface area is 124 Å². The van der Waals surface area contributed by atoms with Gasteiger partial charge in [0.2, 0.25) is 0 Å². The first kappa shape index (κ1) is 19.4. The number of carboxylic acid groups (broad SMARTS) is 2. The molecule has 0 bridgehead atoms. The Balaban J connectivity index is 4.73. The van der Waals surface area contributed by atoms with Crippen LogP contribution in [0.15, 0.2) is 0 Å². The van der Waals surface area contributed by atoms with Crippen molar-refractivity contribution in [2.75, 3.05) is 0 Å². The van der Waals surface area contributed by atoms with Crippen LogP contribution in [0.3, 0.4) is 0 Å². The summed E-state index contributed by atoms with van der Waals surface area (Å²) in [6, 6.07) is 0. The standard InChI is InChI=1S/C12H16O10/c1-7(13)20-12(2,21-10(18)5-3-8(14)15)22-11(19)6-4-9(16)17/h3-6H2,1-2H3,(H,14,15)(H,16,17). The zero-order valence-corrected chi connectivity index (χ0v) is 12.0. The van der Waals surface area contributed by atoms with E-state index in [0.717, 1.165) is 13.8 Å². The molecule has 10 heteroatoms. The number of hydrogen-bond acceptors (Lipinski definition) is 8. The summed E-state index contributed by atoms with van der Waals surface area (Å²) in [6.45, 7) is 1.92. The van der Waals surface area contributed by atoms with Gasteiger partial charge >= 0.3 is 35.8 Å². The van der Waals surface area contributed by atoms with E-state index in [1.807, 2.05) is 0 Å². The van der Waals surface area contributed by atoms with E-state index in [9.17, 15) is 24.0 Å². The van der Waals surface area contributed by atoms with Gasteiger partial charge in [0, 0.05) is 6.92 Å². The summed E-state index contributed by atoms with van der Waals surface area (Å²) in [4.78, 5) is 54.5. The van der Waals surface area contributed by atoms with Crippen LogP contribution in [0.2, 0.25) is 0 Å². The molecule has 0 aliphatic rings. The summed E-state index contributed by atoms with van der Waals surface area (Å²) in [5.41, 5.74) is 0. The largest absolute Gasteiger partial charge is 0.481 e. The molecule has 0 aromatic carbocycles. The van der Waals surface area contributed by atoms with Crippen molar-refractivity contribution in [1.29, 1.82) is 0 Å². The zero-order valence-electron chi connectivity index (χ0n) is 12.0. The highest BCUT2D eigenvalue weighted by molar-refractivity contribution is 5.78. The molecule has 0 aliphatic heterocycles. The lowest BCUT2D eigenvalue weighted by Crippen LogP contribution is -2.41. The van der Waals surface area contributed by atoms with E-state index in [1.54, 1.807) is 0 Å². The fourth-order valence-electron chi connectivity index (χ4n) is 1.26. The summed E-state index contributed by atoms with van der Waals surface area (Å²) in [6.07, 6.45) is -2.11. The highest BCUT2D eigenvalue weighted by Crippen LogP contribution is 2.18. The molecule has 0 amide bonds. The van der Waals surface area contributed by atoms with Gasteiger partial charge in [0.1, 0.15) is 0 Å². The molecule has 0 saturated carbocycles. The monoisotopic (exact) mass is 320 g/mol. The van der Waals surface area contributed by atoms with Gasteiger partial charge in [-0.3, -0.25) is 24.0 Å². The van der Waals surface area contributed by atoms with Gasteiger partial charge in [-0.15, -0.1) is 0 Å². The maximum atomic E-state index is 11.4. The van der Waals surface area contributed by atoms with E-state index in [0.29, 0.717) is 0 Å². The van der Waals surface area contributed by atoms with Gasteiger partial charge in [-0.25, -0.2) is 0 Å². The quantitative estimate of drug-likeness (QED) is 0.439. The number of hydrogen-bond donors (Lipinski definition) is 2. The third-order valence-electron chi connectivity index (χ3n) is 2.01. The molecule has 22 heavy (non-hydrogen) atoms. The van der Waals surface area contributed by atoms with Crippen LogP contribution in [0, 0.1) is 0 Å². The Bertz CT molecular complexity index is 435. The molecule has 0 radical (unpaired) electrons. The lowest BCUT2D eigenvalue weighted by atomic mass is 10.3. The molecule has 0 saturated heterocycles. The molecule has 10 nitrogen and oxygen atoms in total. The van der Waals surface area contributed by atoms with Gasteiger partial charge in [-0.1, -0.05) is 0 Å². The van der Waals surface area contributed by atoms with Crippen LogP contribution in [-0.2, 0) is 38.2 Å². The van der Waals surface area contributed by atoms with Crippen LogP contribution in [0.4, 0.5) is 0 Å². The van der Waals surface area contributed by atoms with Crippen molar-refractivity contribution in [3.63, 3.8) is 0 Å². The van der Waals surface area contributed by atoms with Gasteiger partial charge in [0.25, 0.3) is 0 Å². The number of esters is 3. The summed E-state index contributed by atoms with van der Waals surface area (Å²) < 4.78 is 13.9. The van der Waals surface area contributed by atoms with Crippen molar-refractivity contribution in [3.8, 4) is 0 Å². The lowest BCUT2D eigenvalue weighted by molar-refractivity contribution is -0.319. The van der Waals surface area contributed by atoms with E-state index in [2.05, 4.69) is 14.2 Å². The molecule has 0 spiro atoms. The number of aliphatic carboxylic acids is 2. The second-order valence-corrected chi connectivity index (χ2v) is 4.19. The van der Waals surface area contributed by atoms with Gasteiger partial charge < -0.3 is 24.4 Å². The molecular weight excluding hydrogens is 304 g/mol. The Morgan fingerprint density at radius 2 is 1.14 bits per heavy atom. The van der Waals surface area contributed by atoms with E-state index in [4.69, 9.17) is 10.2 Å². The molecule has 0 aromatic rings. The van der Waals surface area contributed by atoms with Gasteiger partial charge in [0.15, 0.2) is 0 Å². The average Bonchev–Trinajstić information content (AvgIpc) is 2.32. The molecule has 2 N–H and O–H groups in total. The van der Waals surface area contributed by atoms with E-state index in [-0.39, 0.29) is 0 Å². The Morgan fingerprint density at radius 3 is 1.41 bits per heavy atom. The smallest absolute Gasteiger partial charge is 0.420 e. The van der Waals surface area contributed by atoms with Crippen LogP contribution in [0.25, 0.3) is 0 Å². The number of rotatable bonds is 9. The first-order valence-electron chi connectivity index (χ1n) is 6.11. The SMILES string of the molecule is CC(=O)OC(C)(OC(=O)CCC(=O)O)OC(=O)CCC(=O)O. The van der Waals surface area contributed by atoms with E-state index >= 15 is 0 Å². The molecule has 0 rings (SSSR count). The van der Waals surface area contributed by atoms with E-state index < -0.39 is 61.5 Å². The number of carbonyl (C=O) groups is 5. The topological polar surface area (TPSA) is 154 Å². The van der Waals surface area contributed by atoms with Crippen molar-refractivity contribution in [3.05, 3.63) is 0 Å². The van der Waals surface area contributed by atoms with Crippen molar-refractivity contribution in [1.82, 2.24) is 0 Å². The van der Waals surface area contributed by atoms with E-state index in [1.165, 1.54) is 0 Å². The highest BCUT2D eigenvalue weighted by atomic mass is 16.9.